The second kappa shape index (κ2) is 16.1. The van der Waals surface area contributed by atoms with Gasteiger partial charge < -0.3 is 24.5 Å². The van der Waals surface area contributed by atoms with Crippen molar-refractivity contribution in [3.8, 4) is 0 Å². The lowest BCUT2D eigenvalue weighted by Crippen LogP contribution is -2.50. The van der Waals surface area contributed by atoms with Crippen molar-refractivity contribution >= 4 is 33.5 Å². The van der Waals surface area contributed by atoms with Gasteiger partial charge in [0.1, 0.15) is 17.2 Å². The molecule has 6 rings (SSSR count). The number of aryl methyl sites for hydroxylation is 1. The van der Waals surface area contributed by atoms with Crippen LogP contribution < -0.4 is 9.80 Å². The second-order valence-corrected chi connectivity index (χ2v) is 16.4. The number of benzene rings is 3. The third-order valence-corrected chi connectivity index (χ3v) is 11.4. The minimum atomic E-state index is -4.79. The zero-order chi connectivity index (χ0) is 41.4. The fourth-order valence-electron chi connectivity index (χ4n) is 6.67. The van der Waals surface area contributed by atoms with E-state index >= 15 is 0 Å². The van der Waals surface area contributed by atoms with Crippen molar-refractivity contribution in [1.82, 2.24) is 9.21 Å². The molecular weight excluding hydrogens is 780 g/mol. The molecule has 2 saturated heterocycles. The van der Waals surface area contributed by atoms with Crippen LogP contribution in [-0.2, 0) is 38.3 Å². The van der Waals surface area contributed by atoms with E-state index < -0.39 is 68.7 Å². The minimum absolute atomic E-state index is 0.0124. The van der Waals surface area contributed by atoms with E-state index in [1.807, 2.05) is 0 Å². The van der Waals surface area contributed by atoms with Crippen LogP contribution in [0.5, 0.6) is 0 Å². The maximum Gasteiger partial charge on any atom is 0.419 e. The number of ether oxygens (including phenoxy) is 1. The van der Waals surface area contributed by atoms with Gasteiger partial charge in [0.2, 0.25) is 10.0 Å². The Bertz CT molecular complexity index is 2040. The van der Waals surface area contributed by atoms with Gasteiger partial charge in [0.25, 0.3) is 0 Å². The Hall–Kier alpha value is -4.65. The van der Waals surface area contributed by atoms with Gasteiger partial charge in [-0.3, -0.25) is 4.79 Å². The molecule has 0 aromatic heterocycles. The molecule has 0 bridgehead atoms. The molecule has 306 valence electrons. The smallest absolute Gasteiger partial charge is 0.419 e. The molecule has 1 N–H and O–H groups in total. The van der Waals surface area contributed by atoms with Crippen LogP contribution >= 0.6 is 0 Å². The predicted octanol–water partition coefficient (Wildman–Crippen LogP) is 7.37. The maximum absolute atomic E-state index is 13.9. The molecule has 1 amide bonds. The highest BCUT2D eigenvalue weighted by Crippen LogP contribution is 2.37. The molecule has 56 heavy (non-hydrogen) atoms. The van der Waals surface area contributed by atoms with Crippen LogP contribution in [0.15, 0.2) is 59.5 Å². The second-order valence-electron chi connectivity index (χ2n) is 14.5. The van der Waals surface area contributed by atoms with E-state index in [0.717, 1.165) is 23.8 Å². The number of piperazine rings is 2. The molecule has 19 heteroatoms. The van der Waals surface area contributed by atoms with Gasteiger partial charge in [0.05, 0.1) is 21.9 Å². The lowest BCUT2D eigenvalue weighted by molar-refractivity contribution is -0.140. The van der Waals surface area contributed by atoms with Gasteiger partial charge in [0, 0.05) is 63.7 Å². The molecule has 0 spiro atoms. The number of hydrogen-bond donors (Lipinski definition) is 1. The first-order valence-corrected chi connectivity index (χ1v) is 19.0. The topological polar surface area (TPSA) is 111 Å². The third-order valence-electron chi connectivity index (χ3n) is 9.55. The molecule has 10 nitrogen and oxygen atoms in total. The van der Waals surface area contributed by atoms with Gasteiger partial charge in [0.15, 0.2) is 0 Å². The summed E-state index contributed by atoms with van der Waals surface area (Å²) < 4.78 is 136. The number of anilines is 2. The molecule has 1 atom stereocenters. The zero-order valence-electron chi connectivity index (χ0n) is 30.6. The molecule has 0 radical (unpaired) electrons. The molecule has 3 aliphatic rings. The number of halogens is 8. The highest BCUT2D eigenvalue weighted by atomic mass is 32.2. The number of sulfonamides is 1. The van der Waals surface area contributed by atoms with Crippen molar-refractivity contribution in [2.24, 2.45) is 0 Å². The summed E-state index contributed by atoms with van der Waals surface area (Å²) in [6.45, 7) is 7.28. The SMILES string of the molecule is CC(C)(C)OC(=O)N1CCN(c2ccc(C(F)(F)F)c(F)c2)CC1.O=C(O)C1CCc2ccc(S(=O)(=O)N3CCN(c4ccc(C(F)(F)F)c(F)c4)CC3)cc21. The summed E-state index contributed by atoms with van der Waals surface area (Å²) in [5, 5.41) is 9.37. The van der Waals surface area contributed by atoms with E-state index in [4.69, 9.17) is 4.74 Å². The quantitative estimate of drug-likeness (QED) is 0.266. The van der Waals surface area contributed by atoms with Gasteiger partial charge >= 0.3 is 24.4 Å². The number of carbonyl (C=O) groups is 2. The fourth-order valence-corrected chi connectivity index (χ4v) is 8.13. The van der Waals surface area contributed by atoms with Crippen LogP contribution in [0.1, 0.15) is 55.4 Å². The average Bonchev–Trinajstić information content (AvgIpc) is 3.54. The minimum Gasteiger partial charge on any atom is -0.481 e. The summed E-state index contributed by atoms with van der Waals surface area (Å²) in [5.41, 5.74) is -1.27. The lowest BCUT2D eigenvalue weighted by atomic mass is 10.0. The number of carbonyl (C=O) groups excluding carboxylic acids is 1. The standard InChI is InChI=1S/C21H20F4N2O4S.C16H20F4N2O2/c22-19-11-14(3-6-18(19)21(23,24)25)26-7-9-27(10-8-26)32(30,31)15-4-1-13-2-5-16(20(28)29)17(13)12-15;1-15(2,3)24-14(23)22-8-6-21(7-9-22)11-4-5-12(13(17)10-11)16(18,19)20/h1,3-4,6,11-12,16H,2,5,7-10H2,(H,28,29);4-5,10H,6-9H2,1-3H3. The summed E-state index contributed by atoms with van der Waals surface area (Å²) >= 11 is 0. The number of fused-ring (bicyclic) bond motifs is 1. The van der Waals surface area contributed by atoms with E-state index in [0.29, 0.717) is 56.3 Å². The number of hydrogen-bond acceptors (Lipinski definition) is 7. The van der Waals surface area contributed by atoms with E-state index in [-0.39, 0.29) is 36.8 Å². The third kappa shape index (κ3) is 9.83. The van der Waals surface area contributed by atoms with Crippen molar-refractivity contribution in [3.63, 3.8) is 0 Å². The molecule has 1 aliphatic carbocycles. The molecule has 0 saturated carbocycles. The highest BCUT2D eigenvalue weighted by Gasteiger charge is 2.37. The summed E-state index contributed by atoms with van der Waals surface area (Å²) in [6, 6.07) is 10.1. The predicted molar refractivity (Wildman–Crippen MR) is 189 cm³/mol. The molecule has 1 unspecified atom stereocenters. The van der Waals surface area contributed by atoms with Crippen LogP contribution in [0.4, 0.5) is 51.3 Å². The Morgan fingerprint density at radius 1 is 0.714 bits per heavy atom. The molecule has 2 aliphatic heterocycles. The lowest BCUT2D eigenvalue weighted by Gasteiger charge is -2.36. The number of carboxylic acids is 1. The molecule has 3 aromatic carbocycles. The van der Waals surface area contributed by atoms with Crippen molar-refractivity contribution in [2.75, 3.05) is 62.2 Å². The highest BCUT2D eigenvalue weighted by molar-refractivity contribution is 7.89. The van der Waals surface area contributed by atoms with Crippen molar-refractivity contribution in [3.05, 3.63) is 88.5 Å². The molecule has 2 fully saturated rings. The number of nitrogens with zero attached hydrogens (tertiary/aromatic N) is 4. The normalized spacial score (nSPS) is 18.3. The molecular formula is C37H40F8N4O6S. The Kier molecular flexibility index (Phi) is 12.2. The van der Waals surface area contributed by atoms with Crippen LogP contribution in [0.2, 0.25) is 0 Å². The van der Waals surface area contributed by atoms with Crippen LogP contribution in [0.3, 0.4) is 0 Å². The number of aliphatic carboxylic acids is 1. The van der Waals surface area contributed by atoms with E-state index in [1.54, 1.807) is 36.6 Å². The number of carboxylic acid groups (broad SMARTS) is 1. The number of alkyl halides is 6. The van der Waals surface area contributed by atoms with Gasteiger partial charge in [-0.15, -0.1) is 0 Å². The Balaban J connectivity index is 0.000000224. The molecule has 2 heterocycles. The Morgan fingerprint density at radius 3 is 1.62 bits per heavy atom. The zero-order valence-corrected chi connectivity index (χ0v) is 31.4. The largest absolute Gasteiger partial charge is 0.481 e. The maximum atomic E-state index is 13.9. The fraction of sp³-hybridized carbons (Fsp3) is 0.459. The number of rotatable bonds is 5. The van der Waals surface area contributed by atoms with Gasteiger partial charge in [-0.1, -0.05) is 6.07 Å². The summed E-state index contributed by atoms with van der Waals surface area (Å²) in [4.78, 5) is 28.3. The van der Waals surface area contributed by atoms with Crippen LogP contribution in [0.25, 0.3) is 0 Å². The average molecular weight is 821 g/mol. The van der Waals surface area contributed by atoms with Crippen LogP contribution in [0, 0.1) is 11.6 Å². The van der Waals surface area contributed by atoms with Gasteiger partial charge in [-0.25, -0.2) is 22.0 Å². The monoisotopic (exact) mass is 820 g/mol. The summed E-state index contributed by atoms with van der Waals surface area (Å²) in [5.74, 6) is -4.40. The summed E-state index contributed by atoms with van der Waals surface area (Å²) in [6.07, 6.45) is -8.92. The van der Waals surface area contributed by atoms with Crippen molar-refractivity contribution < 1.29 is 63.0 Å². The van der Waals surface area contributed by atoms with E-state index in [9.17, 15) is 58.2 Å². The first-order chi connectivity index (χ1) is 26.0. The van der Waals surface area contributed by atoms with Crippen molar-refractivity contribution in [1.29, 1.82) is 0 Å². The Labute approximate surface area is 318 Å². The number of amides is 1. The first-order valence-electron chi connectivity index (χ1n) is 17.5. The molecule has 3 aromatic rings. The first kappa shape index (κ1) is 42.5. The Morgan fingerprint density at radius 2 is 1.20 bits per heavy atom. The van der Waals surface area contributed by atoms with Crippen LogP contribution in [-0.4, -0.2) is 92.8 Å². The van der Waals surface area contributed by atoms with E-state index in [2.05, 4.69) is 0 Å². The van der Waals surface area contributed by atoms with Crippen molar-refractivity contribution in [2.45, 2.75) is 62.4 Å². The van der Waals surface area contributed by atoms with Gasteiger partial charge in [-0.05, 0) is 93.3 Å². The summed E-state index contributed by atoms with van der Waals surface area (Å²) in [7, 11) is -3.88. The van der Waals surface area contributed by atoms with E-state index in [1.165, 1.54) is 33.5 Å². The van der Waals surface area contributed by atoms with Gasteiger partial charge in [-0.2, -0.15) is 30.6 Å².